The number of rotatable bonds is 6. The van der Waals surface area contributed by atoms with Crippen molar-refractivity contribution in [3.63, 3.8) is 0 Å². The number of carbonyl (C=O) groups excluding carboxylic acids is 2. The molecule has 1 aromatic carbocycles. The van der Waals surface area contributed by atoms with Crippen LogP contribution in [0.25, 0.3) is 0 Å². The maximum Gasteiger partial charge on any atom is 0.222 e. The number of Topliss-reactive ketones (excluding diaryl/α,β-unsaturated/α-hetero) is 1. The molecule has 1 aliphatic heterocycles. The topological polar surface area (TPSA) is 72.6 Å². The summed E-state index contributed by atoms with van der Waals surface area (Å²) in [5, 5.41) is 0. The molecule has 0 bridgehead atoms. The Hall–Kier alpha value is -1.88. The van der Waals surface area contributed by atoms with Crippen LogP contribution < -0.4 is 10.5 Å². The second-order valence-corrected chi connectivity index (χ2v) is 5.42. The minimum atomic E-state index is 0.0148. The van der Waals surface area contributed by atoms with Crippen LogP contribution >= 0.6 is 0 Å². The molecule has 1 heterocycles. The van der Waals surface area contributed by atoms with Crippen LogP contribution in [0.15, 0.2) is 24.3 Å². The molecule has 5 heteroatoms. The van der Waals surface area contributed by atoms with Crippen LogP contribution in [0.2, 0.25) is 0 Å². The zero-order valence-corrected chi connectivity index (χ0v) is 12.4. The fourth-order valence-electron chi connectivity index (χ4n) is 2.39. The third-order valence-electron chi connectivity index (χ3n) is 3.62. The van der Waals surface area contributed by atoms with E-state index < -0.39 is 0 Å². The Morgan fingerprint density at radius 1 is 1.43 bits per heavy atom. The molecule has 21 heavy (non-hydrogen) atoms. The summed E-state index contributed by atoms with van der Waals surface area (Å²) in [5.74, 6) is 0.823. The highest BCUT2D eigenvalue weighted by molar-refractivity contribution is 5.94. The molecule has 0 aromatic heterocycles. The summed E-state index contributed by atoms with van der Waals surface area (Å²) < 4.78 is 5.58. The summed E-state index contributed by atoms with van der Waals surface area (Å²) in [4.78, 5) is 25.0. The van der Waals surface area contributed by atoms with Crippen LogP contribution in [-0.2, 0) is 4.79 Å². The van der Waals surface area contributed by atoms with Gasteiger partial charge in [-0.25, -0.2) is 0 Å². The van der Waals surface area contributed by atoms with Crippen molar-refractivity contribution in [3.05, 3.63) is 29.8 Å². The van der Waals surface area contributed by atoms with Gasteiger partial charge in [-0.3, -0.25) is 9.59 Å². The van der Waals surface area contributed by atoms with Crippen molar-refractivity contribution in [3.8, 4) is 5.75 Å². The van der Waals surface area contributed by atoms with Gasteiger partial charge in [0.25, 0.3) is 0 Å². The SMILES string of the molecule is CC(=O)c1cccc(OCCCC(=O)N2CC[C@@H](N)C2)c1. The van der Waals surface area contributed by atoms with Gasteiger partial charge in [0.05, 0.1) is 6.61 Å². The largest absolute Gasteiger partial charge is 0.494 e. The fourth-order valence-corrected chi connectivity index (χ4v) is 2.39. The first-order valence-electron chi connectivity index (χ1n) is 7.33. The number of likely N-dealkylation sites (tertiary alicyclic amines) is 1. The van der Waals surface area contributed by atoms with Crippen LogP contribution in [0.3, 0.4) is 0 Å². The van der Waals surface area contributed by atoms with Crippen LogP contribution in [0.1, 0.15) is 36.5 Å². The fraction of sp³-hybridized carbons (Fsp3) is 0.500. The van der Waals surface area contributed by atoms with Crippen LogP contribution in [0.4, 0.5) is 0 Å². The minimum Gasteiger partial charge on any atom is -0.494 e. The Balaban J connectivity index is 1.71. The molecular formula is C16H22N2O3. The Morgan fingerprint density at radius 3 is 2.90 bits per heavy atom. The lowest BCUT2D eigenvalue weighted by Crippen LogP contribution is -2.31. The Labute approximate surface area is 125 Å². The first-order chi connectivity index (χ1) is 10.1. The molecular weight excluding hydrogens is 268 g/mol. The summed E-state index contributed by atoms with van der Waals surface area (Å²) in [6, 6.07) is 7.22. The van der Waals surface area contributed by atoms with Gasteiger partial charge in [0, 0.05) is 31.1 Å². The monoisotopic (exact) mass is 290 g/mol. The van der Waals surface area contributed by atoms with Crippen molar-refractivity contribution < 1.29 is 14.3 Å². The molecule has 114 valence electrons. The molecule has 2 N–H and O–H groups in total. The van der Waals surface area contributed by atoms with E-state index in [4.69, 9.17) is 10.5 Å². The number of ketones is 1. The van der Waals surface area contributed by atoms with Gasteiger partial charge < -0.3 is 15.4 Å². The zero-order chi connectivity index (χ0) is 15.2. The van der Waals surface area contributed by atoms with E-state index in [1.54, 1.807) is 18.2 Å². The molecule has 1 saturated heterocycles. The van der Waals surface area contributed by atoms with E-state index in [1.165, 1.54) is 6.92 Å². The maximum atomic E-state index is 11.9. The molecule has 1 aliphatic rings. The predicted molar refractivity (Wildman–Crippen MR) is 80.3 cm³/mol. The highest BCUT2D eigenvalue weighted by Crippen LogP contribution is 2.15. The number of nitrogens with two attached hydrogens (primary N) is 1. The maximum absolute atomic E-state index is 11.9. The van der Waals surface area contributed by atoms with E-state index in [0.29, 0.717) is 37.3 Å². The normalized spacial score (nSPS) is 17.8. The molecule has 1 aromatic rings. The van der Waals surface area contributed by atoms with Gasteiger partial charge in [0.2, 0.25) is 5.91 Å². The average molecular weight is 290 g/mol. The Kier molecular flexibility index (Phi) is 5.33. The summed E-state index contributed by atoms with van der Waals surface area (Å²) in [6.45, 7) is 3.42. The predicted octanol–water partition coefficient (Wildman–Crippen LogP) is 1.61. The second kappa shape index (κ2) is 7.22. The van der Waals surface area contributed by atoms with E-state index >= 15 is 0 Å². The Bertz CT molecular complexity index is 516. The number of nitrogens with zero attached hydrogens (tertiary/aromatic N) is 1. The standard InChI is InChI=1S/C16H22N2O3/c1-12(19)13-4-2-5-15(10-13)21-9-3-6-16(20)18-8-7-14(17)11-18/h2,4-5,10,14H,3,6-9,11,17H2,1H3/t14-/m1/s1. The molecule has 5 nitrogen and oxygen atoms in total. The molecule has 0 unspecified atom stereocenters. The number of carbonyl (C=O) groups is 2. The van der Waals surface area contributed by atoms with Crippen molar-refractivity contribution in [1.82, 2.24) is 4.90 Å². The third-order valence-corrected chi connectivity index (χ3v) is 3.62. The van der Waals surface area contributed by atoms with Crippen molar-refractivity contribution in [2.75, 3.05) is 19.7 Å². The highest BCUT2D eigenvalue weighted by atomic mass is 16.5. The molecule has 2 rings (SSSR count). The quantitative estimate of drug-likeness (QED) is 0.638. The number of amides is 1. The van der Waals surface area contributed by atoms with Crippen LogP contribution in [-0.4, -0.2) is 42.3 Å². The minimum absolute atomic E-state index is 0.0148. The lowest BCUT2D eigenvalue weighted by molar-refractivity contribution is -0.130. The first-order valence-corrected chi connectivity index (χ1v) is 7.33. The molecule has 1 amide bonds. The molecule has 0 radical (unpaired) electrons. The van der Waals surface area contributed by atoms with Crippen molar-refractivity contribution in [2.24, 2.45) is 5.73 Å². The molecule has 0 saturated carbocycles. The molecule has 0 spiro atoms. The smallest absolute Gasteiger partial charge is 0.222 e. The molecule has 0 aliphatic carbocycles. The summed E-state index contributed by atoms with van der Waals surface area (Å²) in [5.41, 5.74) is 6.42. The van der Waals surface area contributed by atoms with Gasteiger partial charge in [-0.1, -0.05) is 12.1 Å². The Morgan fingerprint density at radius 2 is 2.24 bits per heavy atom. The number of hydrogen-bond donors (Lipinski definition) is 1. The van der Waals surface area contributed by atoms with E-state index in [2.05, 4.69) is 0 Å². The zero-order valence-electron chi connectivity index (χ0n) is 12.4. The number of ether oxygens (including phenoxy) is 1. The van der Waals surface area contributed by atoms with Crippen molar-refractivity contribution in [2.45, 2.75) is 32.2 Å². The molecule has 1 atom stereocenters. The summed E-state index contributed by atoms with van der Waals surface area (Å²) in [6.07, 6.45) is 2.02. The first kappa shape index (κ1) is 15.5. The van der Waals surface area contributed by atoms with E-state index in [1.807, 2.05) is 11.0 Å². The summed E-state index contributed by atoms with van der Waals surface area (Å²) >= 11 is 0. The summed E-state index contributed by atoms with van der Waals surface area (Å²) in [7, 11) is 0. The van der Waals surface area contributed by atoms with Gasteiger partial charge >= 0.3 is 0 Å². The van der Waals surface area contributed by atoms with Crippen LogP contribution in [0.5, 0.6) is 5.75 Å². The number of hydrogen-bond acceptors (Lipinski definition) is 4. The second-order valence-electron chi connectivity index (χ2n) is 5.42. The van der Waals surface area contributed by atoms with Crippen molar-refractivity contribution >= 4 is 11.7 Å². The highest BCUT2D eigenvalue weighted by Gasteiger charge is 2.22. The van der Waals surface area contributed by atoms with Crippen molar-refractivity contribution in [1.29, 1.82) is 0 Å². The van der Waals surface area contributed by atoms with Crippen LogP contribution in [0, 0.1) is 0 Å². The lowest BCUT2D eigenvalue weighted by Gasteiger charge is -2.15. The van der Waals surface area contributed by atoms with E-state index in [9.17, 15) is 9.59 Å². The number of benzene rings is 1. The third kappa shape index (κ3) is 4.56. The van der Waals surface area contributed by atoms with Gasteiger partial charge in [-0.15, -0.1) is 0 Å². The van der Waals surface area contributed by atoms with Gasteiger partial charge in [-0.05, 0) is 31.9 Å². The van der Waals surface area contributed by atoms with E-state index in [-0.39, 0.29) is 17.7 Å². The van der Waals surface area contributed by atoms with Gasteiger partial charge in [-0.2, -0.15) is 0 Å². The van der Waals surface area contributed by atoms with Gasteiger partial charge in [0.15, 0.2) is 5.78 Å². The van der Waals surface area contributed by atoms with Gasteiger partial charge in [0.1, 0.15) is 5.75 Å². The van der Waals surface area contributed by atoms with E-state index in [0.717, 1.165) is 13.0 Å². The molecule has 1 fully saturated rings. The lowest BCUT2D eigenvalue weighted by atomic mass is 10.1. The average Bonchev–Trinajstić information content (AvgIpc) is 2.90.